The third-order valence-electron chi connectivity index (χ3n) is 4.24. The van der Waals surface area contributed by atoms with Gasteiger partial charge >= 0.3 is 0 Å². The predicted molar refractivity (Wildman–Crippen MR) is 110 cm³/mol. The van der Waals surface area contributed by atoms with Crippen molar-refractivity contribution >= 4 is 5.91 Å². The molecule has 0 bridgehead atoms. The average molecular weight is 395 g/mol. The minimum absolute atomic E-state index is 0.00668. The van der Waals surface area contributed by atoms with E-state index in [1.54, 1.807) is 21.3 Å². The minimum Gasteiger partial charge on any atom is -0.496 e. The maximum absolute atomic E-state index is 12.2. The second-order valence-electron chi connectivity index (χ2n) is 6.06. The van der Waals surface area contributed by atoms with Crippen LogP contribution in [0.2, 0.25) is 0 Å². The van der Waals surface area contributed by atoms with Crippen LogP contribution in [0.3, 0.4) is 0 Å². The highest BCUT2D eigenvalue weighted by molar-refractivity contribution is 5.97. The fraction of sp³-hybridized carbons (Fsp3) is 0.273. The smallest absolute Gasteiger partial charge is 0.263 e. The summed E-state index contributed by atoms with van der Waals surface area (Å²) in [7, 11) is 4.75. The summed E-state index contributed by atoms with van der Waals surface area (Å²) in [5.74, 6) is 1.59. The van der Waals surface area contributed by atoms with Crippen molar-refractivity contribution in [3.8, 4) is 23.3 Å². The van der Waals surface area contributed by atoms with E-state index >= 15 is 0 Å². The maximum Gasteiger partial charge on any atom is 0.263 e. The summed E-state index contributed by atoms with van der Waals surface area (Å²) in [6.07, 6.45) is 2.01. The first-order valence-electron chi connectivity index (χ1n) is 9.07. The molecule has 152 valence electrons. The Labute approximate surface area is 170 Å². The first-order chi connectivity index (χ1) is 14.1. The molecule has 29 heavy (non-hydrogen) atoms. The number of carbonyl (C=O) groups excluding carboxylic acids is 1. The van der Waals surface area contributed by atoms with Crippen molar-refractivity contribution in [1.82, 2.24) is 10.6 Å². The monoisotopic (exact) mass is 395 g/mol. The molecule has 0 aromatic heterocycles. The summed E-state index contributed by atoms with van der Waals surface area (Å²) in [6.45, 7) is 0.827. The number of hydrogen-bond acceptors (Lipinski definition) is 6. The quantitative estimate of drug-likeness (QED) is 0.474. The number of nitrogens with one attached hydrogen (secondary N) is 2. The van der Waals surface area contributed by atoms with Crippen LogP contribution in [0.15, 0.2) is 54.2 Å². The van der Waals surface area contributed by atoms with E-state index in [2.05, 4.69) is 10.6 Å². The van der Waals surface area contributed by atoms with E-state index in [0.717, 1.165) is 16.9 Å². The first-order valence-corrected chi connectivity index (χ1v) is 9.07. The number of hydrogen-bond donors (Lipinski definition) is 2. The summed E-state index contributed by atoms with van der Waals surface area (Å²) in [5.41, 5.74) is 1.92. The van der Waals surface area contributed by atoms with Gasteiger partial charge in [0.15, 0.2) is 11.5 Å². The van der Waals surface area contributed by atoms with Crippen LogP contribution in [0.5, 0.6) is 17.2 Å². The molecule has 0 spiro atoms. The fourth-order valence-electron chi connectivity index (χ4n) is 2.71. The van der Waals surface area contributed by atoms with Gasteiger partial charge in [0, 0.05) is 24.9 Å². The molecule has 0 saturated heterocycles. The topological polar surface area (TPSA) is 92.6 Å². The van der Waals surface area contributed by atoms with Crippen LogP contribution in [0.4, 0.5) is 0 Å². The molecule has 7 heteroatoms. The molecule has 7 nitrogen and oxygen atoms in total. The van der Waals surface area contributed by atoms with Gasteiger partial charge in [0.25, 0.3) is 5.91 Å². The lowest BCUT2D eigenvalue weighted by atomic mass is 10.1. The number of para-hydroxylation sites is 1. The van der Waals surface area contributed by atoms with Gasteiger partial charge < -0.3 is 24.8 Å². The molecular formula is C22H25N3O4. The van der Waals surface area contributed by atoms with E-state index in [0.29, 0.717) is 31.0 Å². The second kappa shape index (κ2) is 11.2. The van der Waals surface area contributed by atoms with Crippen molar-refractivity contribution in [1.29, 1.82) is 5.26 Å². The van der Waals surface area contributed by atoms with Crippen LogP contribution in [0, 0.1) is 11.3 Å². The molecule has 0 radical (unpaired) electrons. The van der Waals surface area contributed by atoms with Crippen LogP contribution < -0.4 is 24.8 Å². The lowest BCUT2D eigenvalue weighted by Crippen LogP contribution is -2.27. The van der Waals surface area contributed by atoms with Gasteiger partial charge in [-0.3, -0.25) is 4.79 Å². The summed E-state index contributed by atoms with van der Waals surface area (Å²) in [5, 5.41) is 15.0. The summed E-state index contributed by atoms with van der Waals surface area (Å²) in [4.78, 5) is 12.2. The zero-order chi connectivity index (χ0) is 21.1. The van der Waals surface area contributed by atoms with Gasteiger partial charge in [-0.05, 0) is 30.2 Å². The molecule has 1 amide bonds. The van der Waals surface area contributed by atoms with Crippen LogP contribution in [-0.2, 0) is 17.8 Å². The Morgan fingerprint density at radius 3 is 2.45 bits per heavy atom. The highest BCUT2D eigenvalue weighted by atomic mass is 16.5. The normalized spacial score (nSPS) is 10.6. The average Bonchev–Trinajstić information content (AvgIpc) is 2.76. The summed E-state index contributed by atoms with van der Waals surface area (Å²) >= 11 is 0. The molecule has 0 fully saturated rings. The number of benzene rings is 2. The van der Waals surface area contributed by atoms with Crippen LogP contribution in [-0.4, -0.2) is 33.8 Å². The number of rotatable bonds is 10. The van der Waals surface area contributed by atoms with Gasteiger partial charge in [0.05, 0.1) is 21.3 Å². The molecule has 0 aliphatic rings. The van der Waals surface area contributed by atoms with Crippen molar-refractivity contribution < 1.29 is 19.0 Å². The van der Waals surface area contributed by atoms with Crippen molar-refractivity contribution in [2.45, 2.75) is 13.0 Å². The molecule has 0 atom stereocenters. The molecule has 0 heterocycles. The van der Waals surface area contributed by atoms with Gasteiger partial charge in [-0.25, -0.2) is 0 Å². The standard InChI is InChI=1S/C22H25N3O4/c1-27-19-7-5-4-6-17(19)14-24-15-18(13-23)22(26)25-11-10-16-8-9-20(28-2)21(12-16)29-3/h4-9,12,15,24H,10-11,14H2,1-3H3,(H,25,26)/b18-15-. The Morgan fingerprint density at radius 1 is 1.03 bits per heavy atom. The van der Waals surface area contributed by atoms with Crippen LogP contribution in [0.1, 0.15) is 11.1 Å². The fourth-order valence-corrected chi connectivity index (χ4v) is 2.71. The highest BCUT2D eigenvalue weighted by Gasteiger charge is 2.09. The van der Waals surface area contributed by atoms with Crippen LogP contribution in [0.25, 0.3) is 0 Å². The molecule has 2 rings (SSSR count). The van der Waals surface area contributed by atoms with Gasteiger partial charge in [0.1, 0.15) is 17.4 Å². The second-order valence-corrected chi connectivity index (χ2v) is 6.06. The summed E-state index contributed by atoms with van der Waals surface area (Å²) in [6, 6.07) is 15.0. The summed E-state index contributed by atoms with van der Waals surface area (Å²) < 4.78 is 15.8. The Hall–Kier alpha value is -3.66. The minimum atomic E-state index is -0.430. The van der Waals surface area contributed by atoms with Gasteiger partial charge in [0.2, 0.25) is 0 Å². The van der Waals surface area contributed by atoms with E-state index in [9.17, 15) is 10.1 Å². The number of carbonyl (C=O) groups is 1. The third-order valence-corrected chi connectivity index (χ3v) is 4.24. The first kappa shape index (κ1) is 21.6. The van der Waals surface area contributed by atoms with Crippen molar-refractivity contribution in [2.24, 2.45) is 0 Å². The number of nitrogens with zero attached hydrogens (tertiary/aromatic N) is 1. The van der Waals surface area contributed by atoms with E-state index in [1.807, 2.05) is 48.5 Å². The molecule has 2 N–H and O–H groups in total. The van der Waals surface area contributed by atoms with E-state index in [4.69, 9.17) is 14.2 Å². The van der Waals surface area contributed by atoms with E-state index in [-0.39, 0.29) is 5.57 Å². The Kier molecular flexibility index (Phi) is 8.39. The molecule has 0 saturated carbocycles. The molecule has 0 aliphatic carbocycles. The number of amides is 1. The highest BCUT2D eigenvalue weighted by Crippen LogP contribution is 2.27. The Bertz CT molecular complexity index is 903. The molecule has 0 aliphatic heterocycles. The van der Waals surface area contributed by atoms with Crippen molar-refractivity contribution in [3.63, 3.8) is 0 Å². The maximum atomic E-state index is 12.2. The van der Waals surface area contributed by atoms with Crippen molar-refractivity contribution in [3.05, 3.63) is 65.4 Å². The molecule has 0 unspecified atom stereocenters. The van der Waals surface area contributed by atoms with Gasteiger partial charge in [-0.15, -0.1) is 0 Å². The van der Waals surface area contributed by atoms with E-state index < -0.39 is 5.91 Å². The van der Waals surface area contributed by atoms with Gasteiger partial charge in [-0.2, -0.15) is 5.26 Å². The third kappa shape index (κ3) is 6.18. The largest absolute Gasteiger partial charge is 0.496 e. The number of nitriles is 1. The van der Waals surface area contributed by atoms with Gasteiger partial charge in [-0.1, -0.05) is 24.3 Å². The Morgan fingerprint density at radius 2 is 1.76 bits per heavy atom. The lowest BCUT2D eigenvalue weighted by Gasteiger charge is -2.10. The van der Waals surface area contributed by atoms with Crippen LogP contribution >= 0.6 is 0 Å². The Balaban J connectivity index is 1.88. The zero-order valence-electron chi connectivity index (χ0n) is 16.8. The predicted octanol–water partition coefficient (Wildman–Crippen LogP) is 2.57. The molecule has 2 aromatic carbocycles. The SMILES string of the molecule is COc1ccccc1CN/C=C(/C#N)C(=O)NCCc1ccc(OC)c(OC)c1. The molecular weight excluding hydrogens is 370 g/mol. The van der Waals surface area contributed by atoms with Crippen molar-refractivity contribution in [2.75, 3.05) is 27.9 Å². The molecule has 2 aromatic rings. The zero-order valence-corrected chi connectivity index (χ0v) is 16.8. The number of ether oxygens (including phenoxy) is 3. The lowest BCUT2D eigenvalue weighted by molar-refractivity contribution is -0.117. The van der Waals surface area contributed by atoms with E-state index in [1.165, 1.54) is 6.20 Å². The number of methoxy groups -OCH3 is 3.